The second kappa shape index (κ2) is 9.45. The van der Waals surface area contributed by atoms with Crippen LogP contribution in [0.1, 0.15) is 44.6 Å². The Hall–Kier alpha value is -3.02. The van der Waals surface area contributed by atoms with Crippen LogP contribution < -0.4 is 21.9 Å². The molecule has 0 unspecified atom stereocenters. The van der Waals surface area contributed by atoms with E-state index in [4.69, 9.17) is 5.73 Å². The molecule has 0 saturated carbocycles. The van der Waals surface area contributed by atoms with Crippen LogP contribution in [-0.2, 0) is 6.54 Å². The summed E-state index contributed by atoms with van der Waals surface area (Å²) in [5, 5.41) is 0. The molecule has 1 heterocycles. The molecule has 2 aromatic rings. The maximum Gasteiger partial charge on any atom is 0.330 e. The molecule has 0 saturated heterocycles. The SMILES string of the molecule is C=C(C)CN(CCC1=CCCCC1)c1c(N)n(Cc2ccccc2)c(=O)[nH]c1=O. The van der Waals surface area contributed by atoms with E-state index in [9.17, 15) is 9.59 Å². The molecule has 0 amide bonds. The minimum absolute atomic E-state index is 0.196. The summed E-state index contributed by atoms with van der Waals surface area (Å²) >= 11 is 0. The van der Waals surface area contributed by atoms with E-state index in [2.05, 4.69) is 17.6 Å². The first-order chi connectivity index (χ1) is 14.0. The van der Waals surface area contributed by atoms with Gasteiger partial charge in [-0.25, -0.2) is 4.79 Å². The summed E-state index contributed by atoms with van der Waals surface area (Å²) in [6.07, 6.45) is 7.89. The van der Waals surface area contributed by atoms with Crippen LogP contribution in [0.25, 0.3) is 0 Å². The minimum Gasteiger partial charge on any atom is -0.383 e. The topological polar surface area (TPSA) is 84.1 Å². The smallest absolute Gasteiger partial charge is 0.330 e. The molecule has 154 valence electrons. The van der Waals surface area contributed by atoms with Crippen molar-refractivity contribution in [2.24, 2.45) is 0 Å². The van der Waals surface area contributed by atoms with Crippen LogP contribution in [0.3, 0.4) is 0 Å². The van der Waals surface area contributed by atoms with Crippen LogP contribution in [0.15, 0.2) is 63.7 Å². The fourth-order valence-electron chi connectivity index (χ4n) is 3.81. The lowest BCUT2D eigenvalue weighted by molar-refractivity contribution is 0.664. The first kappa shape index (κ1) is 20.7. The van der Waals surface area contributed by atoms with Crippen LogP contribution in [0, 0.1) is 0 Å². The van der Waals surface area contributed by atoms with E-state index in [0.717, 1.165) is 30.4 Å². The molecule has 1 aromatic heterocycles. The van der Waals surface area contributed by atoms with Gasteiger partial charge in [-0.3, -0.25) is 14.3 Å². The molecule has 0 fully saturated rings. The molecule has 6 nitrogen and oxygen atoms in total. The molecule has 6 heteroatoms. The third kappa shape index (κ3) is 5.28. The van der Waals surface area contributed by atoms with Crippen molar-refractivity contribution in [3.63, 3.8) is 0 Å². The van der Waals surface area contributed by atoms with Crippen molar-refractivity contribution in [3.8, 4) is 0 Å². The highest BCUT2D eigenvalue weighted by Gasteiger charge is 2.19. The van der Waals surface area contributed by atoms with Gasteiger partial charge in [-0.15, -0.1) is 0 Å². The quantitative estimate of drug-likeness (QED) is 0.672. The summed E-state index contributed by atoms with van der Waals surface area (Å²) in [5.41, 5.74) is 9.08. The third-order valence-corrected chi connectivity index (χ3v) is 5.26. The zero-order valence-electron chi connectivity index (χ0n) is 17.1. The lowest BCUT2D eigenvalue weighted by Crippen LogP contribution is -2.39. The van der Waals surface area contributed by atoms with Gasteiger partial charge in [0.05, 0.1) is 6.54 Å². The van der Waals surface area contributed by atoms with Gasteiger partial charge in [0.25, 0.3) is 5.56 Å². The van der Waals surface area contributed by atoms with E-state index in [1.165, 1.54) is 23.0 Å². The molecule has 0 spiro atoms. The summed E-state index contributed by atoms with van der Waals surface area (Å²) in [6, 6.07) is 9.60. The first-order valence-corrected chi connectivity index (χ1v) is 10.2. The minimum atomic E-state index is -0.495. The molecule has 0 radical (unpaired) electrons. The monoisotopic (exact) mass is 394 g/mol. The molecule has 1 aliphatic rings. The number of rotatable bonds is 8. The van der Waals surface area contributed by atoms with Crippen LogP contribution in [0.4, 0.5) is 11.5 Å². The van der Waals surface area contributed by atoms with Crippen LogP contribution in [-0.4, -0.2) is 22.6 Å². The van der Waals surface area contributed by atoms with Crippen LogP contribution in [0.2, 0.25) is 0 Å². The Bertz CT molecular complexity index is 1000. The van der Waals surface area contributed by atoms with Crippen molar-refractivity contribution in [2.75, 3.05) is 23.7 Å². The highest BCUT2D eigenvalue weighted by molar-refractivity contribution is 5.63. The van der Waals surface area contributed by atoms with Gasteiger partial charge in [0, 0.05) is 13.1 Å². The average Bonchev–Trinajstić information content (AvgIpc) is 2.70. The largest absolute Gasteiger partial charge is 0.383 e. The van der Waals surface area contributed by atoms with Crippen LogP contribution >= 0.6 is 0 Å². The maximum absolute atomic E-state index is 12.7. The zero-order valence-corrected chi connectivity index (χ0v) is 17.1. The van der Waals surface area contributed by atoms with Gasteiger partial charge in [-0.05, 0) is 44.6 Å². The van der Waals surface area contributed by atoms with E-state index < -0.39 is 11.2 Å². The van der Waals surface area contributed by atoms with Gasteiger partial charge in [0.15, 0.2) is 0 Å². The second-order valence-electron chi connectivity index (χ2n) is 7.80. The second-order valence-corrected chi connectivity index (χ2v) is 7.80. The van der Waals surface area contributed by atoms with E-state index in [-0.39, 0.29) is 5.82 Å². The number of allylic oxidation sites excluding steroid dienone is 1. The summed E-state index contributed by atoms with van der Waals surface area (Å²) in [5.74, 6) is 0.196. The number of H-pyrrole nitrogens is 1. The Morgan fingerprint density at radius 3 is 2.66 bits per heavy atom. The highest BCUT2D eigenvalue weighted by atomic mass is 16.2. The molecule has 29 heavy (non-hydrogen) atoms. The van der Waals surface area contributed by atoms with E-state index in [1.807, 2.05) is 42.2 Å². The number of anilines is 2. The summed E-state index contributed by atoms with van der Waals surface area (Å²) in [6.45, 7) is 7.42. The normalized spacial score (nSPS) is 13.8. The van der Waals surface area contributed by atoms with Crippen molar-refractivity contribution in [3.05, 3.63) is 80.5 Å². The van der Waals surface area contributed by atoms with E-state index in [0.29, 0.717) is 25.3 Å². The number of benzene rings is 1. The van der Waals surface area contributed by atoms with Gasteiger partial charge < -0.3 is 10.6 Å². The zero-order chi connectivity index (χ0) is 20.8. The average molecular weight is 395 g/mol. The predicted molar refractivity (Wildman–Crippen MR) is 119 cm³/mol. The van der Waals surface area contributed by atoms with Crippen molar-refractivity contribution in [2.45, 2.75) is 45.6 Å². The first-order valence-electron chi connectivity index (χ1n) is 10.2. The Morgan fingerprint density at radius 1 is 1.24 bits per heavy atom. The predicted octanol–water partition coefficient (Wildman–Crippen LogP) is 3.44. The molecule has 3 rings (SSSR count). The molecule has 0 atom stereocenters. The third-order valence-electron chi connectivity index (χ3n) is 5.26. The number of nitrogens with two attached hydrogens (primary N) is 1. The van der Waals surface area contributed by atoms with Gasteiger partial charge in [0.2, 0.25) is 0 Å². The number of hydrogen-bond acceptors (Lipinski definition) is 4. The number of nitrogen functional groups attached to an aromatic ring is 1. The molecule has 1 aliphatic carbocycles. The molecule has 3 N–H and O–H groups in total. The lowest BCUT2D eigenvalue weighted by atomic mass is 9.97. The van der Waals surface area contributed by atoms with Crippen molar-refractivity contribution in [1.29, 1.82) is 0 Å². The fraction of sp³-hybridized carbons (Fsp3) is 0.391. The number of nitrogens with zero attached hydrogens (tertiary/aromatic N) is 2. The van der Waals surface area contributed by atoms with Gasteiger partial charge >= 0.3 is 5.69 Å². The summed E-state index contributed by atoms with van der Waals surface area (Å²) in [7, 11) is 0. The Labute approximate surface area is 171 Å². The summed E-state index contributed by atoms with van der Waals surface area (Å²) in [4.78, 5) is 29.6. The van der Waals surface area contributed by atoms with Gasteiger partial charge in [-0.2, -0.15) is 0 Å². The Kier molecular flexibility index (Phi) is 6.75. The summed E-state index contributed by atoms with van der Waals surface area (Å²) < 4.78 is 1.43. The number of nitrogens with one attached hydrogen (secondary N) is 1. The van der Waals surface area contributed by atoms with E-state index >= 15 is 0 Å². The lowest BCUT2D eigenvalue weighted by Gasteiger charge is -2.27. The van der Waals surface area contributed by atoms with Crippen molar-refractivity contribution in [1.82, 2.24) is 9.55 Å². The van der Waals surface area contributed by atoms with Crippen molar-refractivity contribution < 1.29 is 0 Å². The van der Waals surface area contributed by atoms with Gasteiger partial charge in [0.1, 0.15) is 11.5 Å². The fourth-order valence-corrected chi connectivity index (χ4v) is 3.81. The van der Waals surface area contributed by atoms with Crippen LogP contribution in [0.5, 0.6) is 0 Å². The maximum atomic E-state index is 12.7. The number of aromatic nitrogens is 2. The molecule has 0 bridgehead atoms. The molecule has 0 aliphatic heterocycles. The van der Waals surface area contributed by atoms with Gasteiger partial charge in [-0.1, -0.05) is 54.1 Å². The van der Waals surface area contributed by atoms with Crippen molar-refractivity contribution >= 4 is 11.5 Å². The molecule has 1 aromatic carbocycles. The van der Waals surface area contributed by atoms with E-state index in [1.54, 1.807) is 0 Å². The number of hydrogen-bond donors (Lipinski definition) is 2. The Morgan fingerprint density at radius 2 is 2.00 bits per heavy atom. The standard InChI is InChI=1S/C23H30N4O2/c1-17(2)15-26(14-13-18-9-5-3-6-10-18)20-21(24)27(23(29)25-22(20)28)16-19-11-7-4-8-12-19/h4,7-9,11-12H,1,3,5-6,10,13-16,24H2,2H3,(H,25,28,29). The highest BCUT2D eigenvalue weighted by Crippen LogP contribution is 2.23. The molecular formula is C23H30N4O2. The number of aromatic amines is 1. The molecular weight excluding hydrogens is 364 g/mol. The Balaban J connectivity index is 1.94.